The summed E-state index contributed by atoms with van der Waals surface area (Å²) in [7, 11) is -0.291. The highest BCUT2D eigenvalue weighted by Gasteiger charge is 2.11. The third kappa shape index (κ3) is 3.07. The lowest BCUT2D eigenvalue weighted by Crippen LogP contribution is -2.34. The van der Waals surface area contributed by atoms with Gasteiger partial charge in [0, 0.05) is 25.5 Å². The Bertz CT molecular complexity index is 343. The van der Waals surface area contributed by atoms with Gasteiger partial charge in [0.05, 0.1) is 0 Å². The van der Waals surface area contributed by atoms with Crippen LogP contribution in [0.4, 0.5) is 0 Å². The van der Waals surface area contributed by atoms with E-state index in [1.807, 2.05) is 17.5 Å². The molecule has 0 unspecified atom stereocenters. The van der Waals surface area contributed by atoms with Gasteiger partial charge in [0.25, 0.3) is 10.2 Å². The van der Waals surface area contributed by atoms with E-state index in [2.05, 4.69) is 4.72 Å². The molecule has 0 fully saturated rings. The maximum Gasteiger partial charge on any atom is 0.279 e. The molecule has 74 valence electrons. The molecule has 0 radical (unpaired) electrons. The maximum atomic E-state index is 11.2. The minimum atomic E-state index is -3.28. The zero-order chi connectivity index (χ0) is 9.90. The second-order valence-electron chi connectivity index (χ2n) is 2.69. The molecule has 1 aromatic rings. The second-order valence-corrected chi connectivity index (χ2v) is 5.69. The van der Waals surface area contributed by atoms with Crippen LogP contribution in [0.1, 0.15) is 4.88 Å². The van der Waals surface area contributed by atoms with Gasteiger partial charge in [0.15, 0.2) is 0 Å². The van der Waals surface area contributed by atoms with Crippen molar-refractivity contribution in [3.63, 3.8) is 0 Å². The Morgan fingerprint density at radius 1 is 1.54 bits per heavy atom. The number of rotatable bonds is 4. The van der Waals surface area contributed by atoms with Crippen molar-refractivity contribution in [1.82, 2.24) is 9.03 Å². The lowest BCUT2D eigenvalue weighted by Gasteiger charge is -2.11. The van der Waals surface area contributed by atoms with E-state index < -0.39 is 10.2 Å². The van der Waals surface area contributed by atoms with Gasteiger partial charge in [-0.05, 0) is 11.4 Å². The molecular weight excluding hydrogens is 208 g/mol. The predicted octanol–water partition coefficient (Wildman–Crippen LogP) is 0.644. The normalized spacial score (nSPS) is 12.2. The fourth-order valence-corrected chi connectivity index (χ4v) is 2.04. The SMILES string of the molecule is CN(C)S(=O)(=O)NCc1cccs1. The zero-order valence-corrected chi connectivity index (χ0v) is 9.15. The Hall–Kier alpha value is -0.430. The summed E-state index contributed by atoms with van der Waals surface area (Å²) in [5, 5.41) is 1.92. The van der Waals surface area contributed by atoms with Crippen LogP contribution in [-0.4, -0.2) is 26.8 Å². The van der Waals surface area contributed by atoms with E-state index >= 15 is 0 Å². The molecule has 0 bridgehead atoms. The molecule has 0 aromatic carbocycles. The van der Waals surface area contributed by atoms with E-state index in [1.165, 1.54) is 25.4 Å². The van der Waals surface area contributed by atoms with Crippen molar-refractivity contribution >= 4 is 21.5 Å². The van der Waals surface area contributed by atoms with Gasteiger partial charge in [-0.2, -0.15) is 17.4 Å². The van der Waals surface area contributed by atoms with E-state index in [0.29, 0.717) is 6.54 Å². The minimum absolute atomic E-state index is 0.359. The van der Waals surface area contributed by atoms with Crippen molar-refractivity contribution < 1.29 is 8.42 Å². The zero-order valence-electron chi connectivity index (χ0n) is 7.52. The van der Waals surface area contributed by atoms with E-state index in [9.17, 15) is 8.42 Å². The molecule has 0 saturated heterocycles. The van der Waals surface area contributed by atoms with Gasteiger partial charge in [0.1, 0.15) is 0 Å². The van der Waals surface area contributed by atoms with Crippen molar-refractivity contribution in [2.45, 2.75) is 6.54 Å². The van der Waals surface area contributed by atoms with Crippen molar-refractivity contribution in [1.29, 1.82) is 0 Å². The Morgan fingerprint density at radius 3 is 2.69 bits per heavy atom. The summed E-state index contributed by atoms with van der Waals surface area (Å²) in [6, 6.07) is 3.78. The molecule has 0 spiro atoms. The van der Waals surface area contributed by atoms with Crippen LogP contribution in [0.2, 0.25) is 0 Å². The molecule has 1 rings (SSSR count). The molecule has 6 heteroatoms. The van der Waals surface area contributed by atoms with Crippen LogP contribution in [-0.2, 0) is 16.8 Å². The first kappa shape index (κ1) is 10.6. The summed E-state index contributed by atoms with van der Waals surface area (Å²) in [5.41, 5.74) is 0. The van der Waals surface area contributed by atoms with Gasteiger partial charge in [-0.15, -0.1) is 11.3 Å². The van der Waals surface area contributed by atoms with Crippen LogP contribution in [0, 0.1) is 0 Å². The third-order valence-electron chi connectivity index (χ3n) is 1.49. The van der Waals surface area contributed by atoms with Gasteiger partial charge in [-0.3, -0.25) is 0 Å². The first-order chi connectivity index (χ1) is 6.02. The molecule has 1 heterocycles. The summed E-state index contributed by atoms with van der Waals surface area (Å²) in [6.07, 6.45) is 0. The molecular formula is C7H12N2O2S2. The Labute approximate surface area is 82.4 Å². The monoisotopic (exact) mass is 220 g/mol. The van der Waals surface area contributed by atoms with Crippen LogP contribution < -0.4 is 4.72 Å². The molecule has 0 amide bonds. The summed E-state index contributed by atoms with van der Waals surface area (Å²) in [6.45, 7) is 0.359. The Morgan fingerprint density at radius 2 is 2.23 bits per heavy atom. The average molecular weight is 220 g/mol. The van der Waals surface area contributed by atoms with Crippen molar-refractivity contribution in [3.05, 3.63) is 22.4 Å². The maximum absolute atomic E-state index is 11.2. The standard InChI is InChI=1S/C7H12N2O2S2/c1-9(2)13(10,11)8-6-7-4-3-5-12-7/h3-5,8H,6H2,1-2H3. The number of thiophene rings is 1. The average Bonchev–Trinajstić information content (AvgIpc) is 2.52. The van der Waals surface area contributed by atoms with E-state index in [4.69, 9.17) is 0 Å². The molecule has 0 saturated carbocycles. The number of hydrogen-bond acceptors (Lipinski definition) is 3. The largest absolute Gasteiger partial charge is 0.279 e. The van der Waals surface area contributed by atoms with Gasteiger partial charge in [0.2, 0.25) is 0 Å². The second kappa shape index (κ2) is 4.19. The predicted molar refractivity (Wildman–Crippen MR) is 53.8 cm³/mol. The van der Waals surface area contributed by atoms with E-state index in [0.717, 1.165) is 9.18 Å². The fraction of sp³-hybridized carbons (Fsp3) is 0.429. The van der Waals surface area contributed by atoms with Gasteiger partial charge < -0.3 is 0 Å². The number of hydrogen-bond donors (Lipinski definition) is 1. The van der Waals surface area contributed by atoms with Crippen molar-refractivity contribution in [2.75, 3.05) is 14.1 Å². The number of nitrogens with zero attached hydrogens (tertiary/aromatic N) is 1. The quantitative estimate of drug-likeness (QED) is 0.809. The molecule has 0 aliphatic rings. The first-order valence-corrected chi connectivity index (χ1v) is 6.04. The highest BCUT2D eigenvalue weighted by atomic mass is 32.2. The lowest BCUT2D eigenvalue weighted by molar-refractivity contribution is 0.505. The highest BCUT2D eigenvalue weighted by Crippen LogP contribution is 2.08. The van der Waals surface area contributed by atoms with Crippen molar-refractivity contribution in [2.24, 2.45) is 0 Å². The van der Waals surface area contributed by atoms with Crippen LogP contribution in [0.3, 0.4) is 0 Å². The summed E-state index contributed by atoms with van der Waals surface area (Å²) < 4.78 is 26.1. The van der Waals surface area contributed by atoms with Gasteiger partial charge in [-0.25, -0.2) is 0 Å². The van der Waals surface area contributed by atoms with Gasteiger partial charge >= 0.3 is 0 Å². The molecule has 0 atom stereocenters. The summed E-state index contributed by atoms with van der Waals surface area (Å²) in [5.74, 6) is 0. The van der Waals surface area contributed by atoms with E-state index in [1.54, 1.807) is 0 Å². The number of nitrogens with one attached hydrogen (secondary N) is 1. The summed E-state index contributed by atoms with van der Waals surface area (Å²) >= 11 is 1.53. The minimum Gasteiger partial charge on any atom is -0.197 e. The molecule has 4 nitrogen and oxygen atoms in total. The first-order valence-electron chi connectivity index (χ1n) is 3.72. The van der Waals surface area contributed by atoms with Crippen LogP contribution >= 0.6 is 11.3 Å². The topological polar surface area (TPSA) is 49.4 Å². The summed E-state index contributed by atoms with van der Waals surface area (Å²) in [4.78, 5) is 1.01. The molecule has 0 aliphatic heterocycles. The van der Waals surface area contributed by atoms with Crippen LogP contribution in [0.5, 0.6) is 0 Å². The smallest absolute Gasteiger partial charge is 0.197 e. The third-order valence-corrected chi connectivity index (χ3v) is 3.84. The molecule has 13 heavy (non-hydrogen) atoms. The molecule has 0 aliphatic carbocycles. The van der Waals surface area contributed by atoms with Crippen LogP contribution in [0.25, 0.3) is 0 Å². The van der Waals surface area contributed by atoms with Crippen molar-refractivity contribution in [3.8, 4) is 0 Å². The van der Waals surface area contributed by atoms with Crippen LogP contribution in [0.15, 0.2) is 17.5 Å². The highest BCUT2D eigenvalue weighted by molar-refractivity contribution is 7.87. The lowest BCUT2D eigenvalue weighted by atomic mass is 10.5. The molecule has 1 N–H and O–H groups in total. The fourth-order valence-electron chi connectivity index (χ4n) is 0.705. The molecule has 1 aromatic heterocycles. The Balaban J connectivity index is 2.53. The Kier molecular flexibility index (Phi) is 3.43. The van der Waals surface area contributed by atoms with Gasteiger partial charge in [-0.1, -0.05) is 6.07 Å². The van der Waals surface area contributed by atoms with E-state index in [-0.39, 0.29) is 0 Å².